The molecule has 3 heterocycles. The minimum absolute atomic E-state index is 0.00837. The molecule has 0 aliphatic carbocycles. The van der Waals surface area contributed by atoms with Gasteiger partial charge in [-0.3, -0.25) is 0 Å². The Hall–Kier alpha value is -7.37. The smallest absolute Gasteiger partial charge is 0.164 e. The molecule has 0 unspecified atom stereocenters. The molecule has 0 bridgehead atoms. The van der Waals surface area contributed by atoms with Gasteiger partial charge in [0.15, 0.2) is 17.5 Å². The number of furan rings is 1. The molecule has 0 saturated carbocycles. The molecule has 0 aliphatic heterocycles. The van der Waals surface area contributed by atoms with E-state index in [1.54, 1.807) is 22.8 Å². The molecule has 0 spiro atoms. The fraction of sp³-hybridized carbons (Fsp3) is 0. The Morgan fingerprint density at radius 1 is 0.444 bits per heavy atom. The summed E-state index contributed by atoms with van der Waals surface area (Å²) in [6, 6.07) is 36.7. The predicted octanol–water partition coefficient (Wildman–Crippen LogP) is 12.7. The van der Waals surface area contributed by atoms with Crippen LogP contribution in [0.4, 0.5) is 0 Å². The van der Waals surface area contributed by atoms with Crippen molar-refractivity contribution >= 4 is 54.5 Å². The predicted molar refractivity (Wildman–Crippen MR) is 221 cm³/mol. The first-order chi connectivity index (χ1) is 30.5. The Morgan fingerprint density at radius 3 is 2.04 bits per heavy atom. The lowest BCUT2D eigenvalue weighted by Gasteiger charge is -2.11. The Bertz CT molecular complexity index is 3720. The minimum atomic E-state index is -0.508. The van der Waals surface area contributed by atoms with Crippen LogP contribution in [-0.4, -0.2) is 19.5 Å². The number of nitrogens with zero attached hydrogens (tertiary/aromatic N) is 4. The van der Waals surface area contributed by atoms with Crippen molar-refractivity contribution in [2.45, 2.75) is 0 Å². The van der Waals surface area contributed by atoms with Gasteiger partial charge in [0.25, 0.3) is 0 Å². The molecule has 8 aromatic carbocycles. The lowest BCUT2D eigenvalue weighted by atomic mass is 10.0. The Kier molecular flexibility index (Phi) is 5.06. The van der Waals surface area contributed by atoms with E-state index in [2.05, 4.69) is 12.1 Å². The largest absolute Gasteiger partial charge is 0.456 e. The zero-order valence-electron chi connectivity index (χ0n) is 37.3. The van der Waals surface area contributed by atoms with Crippen molar-refractivity contribution in [3.05, 3.63) is 182 Å². The van der Waals surface area contributed by atoms with Crippen LogP contribution in [0, 0.1) is 0 Å². The summed E-state index contributed by atoms with van der Waals surface area (Å²) < 4.78 is 85.0. The van der Waals surface area contributed by atoms with E-state index in [0.717, 1.165) is 38.3 Å². The van der Waals surface area contributed by atoms with Crippen LogP contribution in [0.1, 0.15) is 12.3 Å². The first-order valence-corrected chi connectivity index (χ1v) is 17.4. The molecule has 11 rings (SSSR count). The number of aromatic nitrogens is 4. The normalized spacial score (nSPS) is 14.0. The SMILES string of the molecule is [2H]c1c([2H])c([2H])c(-c2ccc3c(c2)c2c([2H])c([2H])c([2H])c([2H])c2n3-c2ccc(-c3nc(-c4ccc5ccccc5c4)nc(-c4cccc5oc6ccccc6c45)n3)cc2)c([2H])c1[2H]. The summed E-state index contributed by atoms with van der Waals surface area (Å²) in [4.78, 5) is 15.2. The van der Waals surface area contributed by atoms with E-state index in [1.807, 2.05) is 97.1 Å². The van der Waals surface area contributed by atoms with E-state index in [-0.39, 0.29) is 40.6 Å². The summed E-state index contributed by atoms with van der Waals surface area (Å²) in [5.74, 6) is 1.34. The van der Waals surface area contributed by atoms with Gasteiger partial charge in [0.05, 0.1) is 23.4 Å². The Labute approximate surface area is 323 Å². The molecule has 252 valence electrons. The van der Waals surface area contributed by atoms with Crippen molar-refractivity contribution in [1.82, 2.24) is 19.5 Å². The van der Waals surface area contributed by atoms with Gasteiger partial charge in [-0.1, -0.05) is 121 Å². The lowest BCUT2D eigenvalue weighted by molar-refractivity contribution is 0.669. The maximum absolute atomic E-state index is 9.07. The lowest BCUT2D eigenvalue weighted by Crippen LogP contribution is -2.01. The number of fused-ring (bicyclic) bond motifs is 7. The number of para-hydroxylation sites is 2. The highest BCUT2D eigenvalue weighted by Gasteiger charge is 2.19. The van der Waals surface area contributed by atoms with Crippen molar-refractivity contribution in [3.63, 3.8) is 0 Å². The highest BCUT2D eigenvalue weighted by atomic mass is 16.3. The average molecular weight is 700 g/mol. The number of hydrogen-bond donors (Lipinski definition) is 0. The van der Waals surface area contributed by atoms with E-state index in [4.69, 9.17) is 31.7 Å². The summed E-state index contributed by atoms with van der Waals surface area (Å²) in [6.07, 6.45) is 0. The molecule has 54 heavy (non-hydrogen) atoms. The molecule has 0 amide bonds. The number of benzene rings is 8. The molecular formula is C49H30N4O. The van der Waals surface area contributed by atoms with Gasteiger partial charge in [0.2, 0.25) is 0 Å². The highest BCUT2D eigenvalue weighted by molar-refractivity contribution is 6.12. The van der Waals surface area contributed by atoms with Crippen molar-refractivity contribution < 1.29 is 16.8 Å². The molecule has 0 N–H and O–H groups in total. The maximum atomic E-state index is 9.07. The van der Waals surface area contributed by atoms with Crippen LogP contribution in [0.2, 0.25) is 0 Å². The molecule has 0 radical (unpaired) electrons. The molecular weight excluding hydrogens is 661 g/mol. The molecule has 5 nitrogen and oxygen atoms in total. The van der Waals surface area contributed by atoms with Crippen LogP contribution in [-0.2, 0) is 0 Å². The molecule has 0 saturated heterocycles. The van der Waals surface area contributed by atoms with Gasteiger partial charge in [-0.2, -0.15) is 0 Å². The number of rotatable bonds is 5. The summed E-state index contributed by atoms with van der Waals surface area (Å²) in [5.41, 5.74) is 5.35. The van der Waals surface area contributed by atoms with Gasteiger partial charge >= 0.3 is 0 Å². The van der Waals surface area contributed by atoms with E-state index in [1.165, 1.54) is 0 Å². The quantitative estimate of drug-likeness (QED) is 0.179. The second-order valence-electron chi connectivity index (χ2n) is 13.0. The first kappa shape index (κ1) is 22.5. The molecule has 0 aliphatic rings. The van der Waals surface area contributed by atoms with Crippen molar-refractivity contribution in [3.8, 4) is 51.0 Å². The van der Waals surface area contributed by atoms with Gasteiger partial charge in [-0.05, 0) is 82.5 Å². The molecule has 3 aromatic heterocycles. The Morgan fingerprint density at radius 2 is 1.15 bits per heavy atom. The summed E-state index contributed by atoms with van der Waals surface area (Å²) in [7, 11) is 0. The third kappa shape index (κ3) is 4.90. The fourth-order valence-electron chi connectivity index (χ4n) is 7.34. The third-order valence-corrected chi connectivity index (χ3v) is 9.86. The topological polar surface area (TPSA) is 56.7 Å². The van der Waals surface area contributed by atoms with Crippen molar-refractivity contribution in [2.75, 3.05) is 0 Å². The average Bonchev–Trinajstić information content (AvgIpc) is 3.87. The van der Waals surface area contributed by atoms with Crippen LogP contribution in [0.5, 0.6) is 0 Å². The van der Waals surface area contributed by atoms with Crippen molar-refractivity contribution in [2.24, 2.45) is 0 Å². The summed E-state index contributed by atoms with van der Waals surface area (Å²) in [6.45, 7) is 0. The van der Waals surface area contributed by atoms with Gasteiger partial charge in [-0.15, -0.1) is 0 Å². The van der Waals surface area contributed by atoms with Crippen LogP contribution >= 0.6 is 0 Å². The highest BCUT2D eigenvalue weighted by Crippen LogP contribution is 2.38. The van der Waals surface area contributed by atoms with Gasteiger partial charge in [-0.25, -0.2) is 15.0 Å². The zero-order chi connectivity index (χ0) is 43.4. The minimum Gasteiger partial charge on any atom is -0.456 e. The van der Waals surface area contributed by atoms with E-state index < -0.39 is 30.2 Å². The van der Waals surface area contributed by atoms with Crippen LogP contribution in [0.3, 0.4) is 0 Å². The van der Waals surface area contributed by atoms with E-state index in [0.29, 0.717) is 50.8 Å². The summed E-state index contributed by atoms with van der Waals surface area (Å²) >= 11 is 0. The standard InChI is InChI=1S/C49H30N4O/c1-2-11-31(12-3-1)35-25-28-43-41(30-35)38-15-6-8-18-42(38)53(43)37-26-23-33(24-27-37)47-50-48(36-22-21-32-13-4-5-14-34(32)29-36)52-49(51-47)40-17-10-20-45-46(40)39-16-7-9-19-44(39)54-45/h1-30H/i1D,2D,3D,6D,8D,11D,12D,15D,18D. The van der Waals surface area contributed by atoms with E-state index >= 15 is 0 Å². The van der Waals surface area contributed by atoms with Crippen molar-refractivity contribution in [1.29, 1.82) is 0 Å². The van der Waals surface area contributed by atoms with Gasteiger partial charge in [0.1, 0.15) is 11.2 Å². The Balaban J connectivity index is 1.10. The van der Waals surface area contributed by atoms with Gasteiger partial charge in [0, 0.05) is 43.9 Å². The van der Waals surface area contributed by atoms with Gasteiger partial charge < -0.3 is 8.98 Å². The summed E-state index contributed by atoms with van der Waals surface area (Å²) in [5, 5.41) is 4.60. The first-order valence-electron chi connectivity index (χ1n) is 21.9. The monoisotopic (exact) mass is 699 g/mol. The van der Waals surface area contributed by atoms with Crippen LogP contribution in [0.15, 0.2) is 186 Å². The fourth-order valence-corrected chi connectivity index (χ4v) is 7.34. The molecule has 0 atom stereocenters. The second kappa shape index (κ2) is 12.1. The second-order valence-corrected chi connectivity index (χ2v) is 13.0. The zero-order valence-corrected chi connectivity index (χ0v) is 28.3. The number of hydrogen-bond acceptors (Lipinski definition) is 4. The maximum Gasteiger partial charge on any atom is 0.164 e. The van der Waals surface area contributed by atoms with Crippen LogP contribution in [0.25, 0.3) is 105 Å². The molecule has 11 aromatic rings. The van der Waals surface area contributed by atoms with E-state index in [9.17, 15) is 0 Å². The third-order valence-electron chi connectivity index (χ3n) is 9.86. The molecule has 5 heteroatoms. The van der Waals surface area contributed by atoms with Crippen LogP contribution < -0.4 is 0 Å². The molecule has 0 fully saturated rings.